The zero-order valence-electron chi connectivity index (χ0n) is 23.6. The highest BCUT2D eigenvalue weighted by Crippen LogP contribution is 2.33. The number of hydrogen-bond donors (Lipinski definition) is 0. The van der Waals surface area contributed by atoms with Crippen molar-refractivity contribution in [3.63, 3.8) is 0 Å². The van der Waals surface area contributed by atoms with Crippen LogP contribution in [0.15, 0.2) is 177 Å². The fraction of sp³-hybridized carbons (Fsp3) is 0.0541. The number of hydrogen-bond acceptors (Lipinski definition) is 1. The zero-order chi connectivity index (χ0) is 28.3. The minimum Gasteiger partial charge on any atom is -0.326 e. The van der Waals surface area contributed by atoms with E-state index in [0.717, 1.165) is 0 Å². The first-order valence-electron chi connectivity index (χ1n) is 14.1. The van der Waals surface area contributed by atoms with Gasteiger partial charge in [0.25, 0.3) is 0 Å². The Morgan fingerprint density at radius 2 is 1.12 bits per heavy atom. The van der Waals surface area contributed by atoms with Crippen molar-refractivity contribution in [2.45, 2.75) is 12.1 Å². The lowest BCUT2D eigenvalue weighted by Gasteiger charge is -2.37. The molecule has 0 fully saturated rings. The van der Waals surface area contributed by atoms with Crippen molar-refractivity contribution in [3.05, 3.63) is 194 Å². The molecule has 0 spiro atoms. The molecular weight excluding hydrogens is 511 g/mol. The summed E-state index contributed by atoms with van der Waals surface area (Å²) in [4.78, 5) is 4.38. The number of imidazole rings is 1. The third kappa shape index (κ3) is 6.56. The van der Waals surface area contributed by atoms with Crippen molar-refractivity contribution in [1.29, 1.82) is 0 Å². The molecule has 41 heavy (non-hydrogen) atoms. The molecule has 0 N–H and O–H groups in total. The van der Waals surface area contributed by atoms with E-state index in [1.54, 1.807) is 0 Å². The Kier molecular flexibility index (Phi) is 9.25. The summed E-state index contributed by atoms with van der Waals surface area (Å²) in [6.07, 6.45) is 5.94. The molecule has 0 aliphatic carbocycles. The normalized spacial score (nSPS) is 11.0. The van der Waals surface area contributed by atoms with Crippen LogP contribution in [0.25, 0.3) is 0 Å². The summed E-state index contributed by atoms with van der Waals surface area (Å²) in [5, 5.41) is 1.24. The molecule has 5 aromatic carbocycles. The molecule has 200 valence electrons. The third-order valence-electron chi connectivity index (χ3n) is 7.58. The summed E-state index contributed by atoms with van der Waals surface area (Å²) in [7, 11) is -0.763. The molecule has 0 saturated heterocycles. The number of aromatic nitrogens is 2. The largest absolute Gasteiger partial charge is 0.326 e. The van der Waals surface area contributed by atoms with Gasteiger partial charge in [-0.25, -0.2) is 4.98 Å². The van der Waals surface area contributed by atoms with Gasteiger partial charge in [-0.15, -0.1) is 12.6 Å². The predicted molar refractivity (Wildman–Crippen MR) is 179 cm³/mol. The quantitative estimate of drug-likeness (QED) is 0.232. The van der Waals surface area contributed by atoms with Crippen LogP contribution in [0.3, 0.4) is 0 Å². The van der Waals surface area contributed by atoms with Gasteiger partial charge >= 0.3 is 0 Å². The second kappa shape index (κ2) is 13.6. The molecular formula is C37H35BN2Si. The third-order valence-corrected chi connectivity index (χ3v) is 10.2. The lowest BCUT2D eigenvalue weighted by Crippen LogP contribution is -2.46. The van der Waals surface area contributed by atoms with Crippen molar-refractivity contribution < 1.29 is 0 Å². The zero-order valence-corrected chi connectivity index (χ0v) is 25.0. The molecule has 0 aliphatic rings. The Balaban J connectivity index is 0.000000191. The van der Waals surface area contributed by atoms with Crippen LogP contribution in [0.2, 0.25) is 0 Å². The van der Waals surface area contributed by atoms with Gasteiger partial charge in [-0.3, -0.25) is 0 Å². The van der Waals surface area contributed by atoms with Gasteiger partial charge in [0, 0.05) is 12.4 Å². The van der Waals surface area contributed by atoms with Crippen molar-refractivity contribution in [3.8, 4) is 0 Å². The van der Waals surface area contributed by atoms with E-state index < -0.39 is 9.52 Å². The number of rotatable bonds is 8. The van der Waals surface area contributed by atoms with Gasteiger partial charge in [-0.2, -0.15) is 0 Å². The summed E-state index contributed by atoms with van der Waals surface area (Å²) >= 11 is 0. The summed E-state index contributed by atoms with van der Waals surface area (Å²) in [5.74, 6) is 1.99. The van der Waals surface area contributed by atoms with Crippen molar-refractivity contribution in [2.75, 3.05) is 0 Å². The Bertz CT molecular complexity index is 1520. The van der Waals surface area contributed by atoms with Gasteiger partial charge in [0.15, 0.2) is 0 Å². The van der Waals surface area contributed by atoms with E-state index in [0.29, 0.717) is 6.71 Å². The molecule has 0 atom stereocenters. The van der Waals surface area contributed by atoms with Crippen molar-refractivity contribution >= 4 is 32.3 Å². The topological polar surface area (TPSA) is 17.8 Å². The fourth-order valence-electron chi connectivity index (χ4n) is 5.46. The Morgan fingerprint density at radius 3 is 1.54 bits per heavy atom. The van der Waals surface area contributed by atoms with Crippen molar-refractivity contribution in [1.82, 2.24) is 9.55 Å². The fourth-order valence-corrected chi connectivity index (χ4v) is 7.77. The van der Waals surface area contributed by atoms with Crippen LogP contribution in [0.4, 0.5) is 0 Å². The summed E-state index contributed by atoms with van der Waals surface area (Å²) in [5.41, 5.74) is 6.51. The maximum absolute atomic E-state index is 4.38. The first-order valence-corrected chi connectivity index (χ1v) is 15.5. The van der Waals surface area contributed by atoms with Gasteiger partial charge in [0.05, 0.1) is 21.0 Å². The summed E-state index contributed by atoms with van der Waals surface area (Å²) in [6, 6.07) is 51.6. The number of nitrogens with zero attached hydrogens (tertiary/aromatic N) is 2. The molecule has 6 rings (SSSR count). The van der Waals surface area contributed by atoms with Crippen LogP contribution in [0.1, 0.15) is 16.7 Å². The van der Waals surface area contributed by atoms with E-state index in [-0.39, 0.29) is 5.16 Å². The minimum atomic E-state index is -0.763. The highest BCUT2D eigenvalue weighted by molar-refractivity contribution is 6.89. The molecule has 0 saturated carbocycles. The van der Waals surface area contributed by atoms with E-state index in [2.05, 4.69) is 163 Å². The van der Waals surface area contributed by atoms with E-state index in [1.807, 2.05) is 30.6 Å². The highest BCUT2D eigenvalue weighted by Gasteiger charge is 2.36. The van der Waals surface area contributed by atoms with Gasteiger partial charge < -0.3 is 4.57 Å². The average molecular weight is 547 g/mol. The molecule has 0 radical (unpaired) electrons. The van der Waals surface area contributed by atoms with Gasteiger partial charge in [-0.05, 0) is 18.1 Å². The monoisotopic (exact) mass is 546 g/mol. The second-order valence-electron chi connectivity index (χ2n) is 10.3. The lowest BCUT2D eigenvalue weighted by molar-refractivity contribution is 0.596. The first-order chi connectivity index (χ1) is 20.2. The van der Waals surface area contributed by atoms with E-state index in [4.69, 9.17) is 0 Å². The van der Waals surface area contributed by atoms with Crippen LogP contribution >= 0.6 is 0 Å². The smallest absolute Gasteiger partial charge is 0.233 e. The molecule has 0 aliphatic heterocycles. The van der Waals surface area contributed by atoms with Gasteiger partial charge in [0.1, 0.15) is 0 Å². The van der Waals surface area contributed by atoms with Gasteiger partial charge in [0.2, 0.25) is 6.71 Å². The lowest BCUT2D eigenvalue weighted by atomic mass is 9.41. The maximum Gasteiger partial charge on any atom is 0.233 e. The molecule has 2 nitrogen and oxygen atoms in total. The van der Waals surface area contributed by atoms with E-state index in [1.165, 1.54) is 32.8 Å². The number of benzene rings is 5. The standard InChI is InChI=1S/C23H22N2Si.C14H13B/c1-19-12-14-22(15-13-19)26-23(25-17-16-24-18-25,20-8-4-2-5-9-20)21-10-6-3-7-11-21;1-2-15(13-9-5-3-6-10-13)14-11-7-4-8-12-14/h2-18H,26H2,1H3;2-12H,1H2. The molecule has 4 heteroatoms. The van der Waals surface area contributed by atoms with Crippen LogP contribution in [0.5, 0.6) is 0 Å². The molecule has 0 unspecified atom stereocenters. The molecule has 1 heterocycles. The van der Waals surface area contributed by atoms with Crippen LogP contribution < -0.4 is 16.1 Å². The summed E-state index contributed by atoms with van der Waals surface area (Å²) in [6.45, 7) is 6.35. The highest BCUT2D eigenvalue weighted by atomic mass is 28.2. The van der Waals surface area contributed by atoms with Crippen LogP contribution in [-0.4, -0.2) is 25.8 Å². The van der Waals surface area contributed by atoms with Crippen LogP contribution in [-0.2, 0) is 5.16 Å². The minimum absolute atomic E-state index is 0.200. The van der Waals surface area contributed by atoms with Crippen molar-refractivity contribution in [2.24, 2.45) is 0 Å². The number of aryl methyl sites for hydroxylation is 1. The Morgan fingerprint density at radius 1 is 0.659 bits per heavy atom. The Hall–Kier alpha value is -4.67. The Labute approximate surface area is 247 Å². The molecule has 1 aromatic heterocycles. The van der Waals surface area contributed by atoms with Gasteiger partial charge in [-0.1, -0.05) is 167 Å². The SMILES string of the molecule is C=CB(c1ccccc1)c1ccccc1.Cc1ccc([SiH2]C(c2ccccc2)(c2ccccc2)n2ccnc2)cc1. The predicted octanol–water partition coefficient (Wildman–Crippen LogP) is 5.46. The first kappa shape index (κ1) is 27.9. The van der Waals surface area contributed by atoms with Crippen LogP contribution in [0, 0.1) is 6.92 Å². The summed E-state index contributed by atoms with van der Waals surface area (Å²) < 4.78 is 2.30. The molecule has 6 aromatic rings. The second-order valence-corrected chi connectivity index (χ2v) is 12.5. The molecule has 0 amide bonds. The van der Waals surface area contributed by atoms with E-state index >= 15 is 0 Å². The van der Waals surface area contributed by atoms with E-state index in [9.17, 15) is 0 Å². The molecule has 0 bridgehead atoms. The average Bonchev–Trinajstić information content (AvgIpc) is 3.59. The maximum atomic E-state index is 4.38.